The van der Waals surface area contributed by atoms with Crippen molar-refractivity contribution in [2.24, 2.45) is 0 Å². The van der Waals surface area contributed by atoms with Crippen LogP contribution in [0.2, 0.25) is 0 Å². The molecule has 5 heteroatoms. The highest BCUT2D eigenvalue weighted by Crippen LogP contribution is 2.29. The van der Waals surface area contributed by atoms with Gasteiger partial charge in [0.1, 0.15) is 23.1 Å². The molecule has 21 heavy (non-hydrogen) atoms. The molecule has 0 saturated carbocycles. The van der Waals surface area contributed by atoms with Gasteiger partial charge in [0.05, 0.1) is 32.5 Å². The van der Waals surface area contributed by atoms with E-state index in [1.807, 2.05) is 0 Å². The summed E-state index contributed by atoms with van der Waals surface area (Å²) in [6.45, 7) is 0. The maximum absolute atomic E-state index is 13.4. The first-order valence-electron chi connectivity index (χ1n) is 6.21. The molecule has 4 nitrogen and oxygen atoms in total. The molecule has 0 amide bonds. The van der Waals surface area contributed by atoms with Crippen molar-refractivity contribution in [3.63, 3.8) is 0 Å². The molecule has 0 aliphatic carbocycles. The Balaban J connectivity index is 2.52. The predicted molar refractivity (Wildman–Crippen MR) is 75.9 cm³/mol. The van der Waals surface area contributed by atoms with Gasteiger partial charge in [0, 0.05) is 6.07 Å². The molecule has 0 aromatic heterocycles. The maximum atomic E-state index is 13.4. The highest BCUT2D eigenvalue weighted by Gasteiger charge is 2.19. The van der Waals surface area contributed by atoms with Gasteiger partial charge >= 0.3 is 0 Å². The van der Waals surface area contributed by atoms with Gasteiger partial charge < -0.3 is 14.2 Å². The lowest BCUT2D eigenvalue weighted by molar-refractivity contribution is 0.103. The number of rotatable bonds is 5. The molecule has 2 aromatic carbocycles. The van der Waals surface area contributed by atoms with Crippen molar-refractivity contribution >= 4 is 5.78 Å². The van der Waals surface area contributed by atoms with Crippen molar-refractivity contribution < 1.29 is 23.4 Å². The van der Waals surface area contributed by atoms with Crippen LogP contribution >= 0.6 is 0 Å². The van der Waals surface area contributed by atoms with E-state index < -0.39 is 5.82 Å². The van der Waals surface area contributed by atoms with Gasteiger partial charge in [-0.2, -0.15) is 0 Å². The zero-order chi connectivity index (χ0) is 15.4. The minimum Gasteiger partial charge on any atom is -0.497 e. The number of ether oxygens (including phenoxy) is 3. The predicted octanol–water partition coefficient (Wildman–Crippen LogP) is 3.08. The Morgan fingerprint density at radius 2 is 1.57 bits per heavy atom. The molecule has 0 N–H and O–H groups in total. The number of ketones is 1. The van der Waals surface area contributed by atoms with Crippen molar-refractivity contribution in [1.82, 2.24) is 0 Å². The standard InChI is InChI=1S/C16H15FO4/c1-19-11-5-6-12(15(9-11)21-3)16(18)13-8-10(17)4-7-14(13)20-2/h4-9H,1-3H3. The molecule has 0 saturated heterocycles. The van der Waals surface area contributed by atoms with Crippen LogP contribution in [0.3, 0.4) is 0 Å². The minimum absolute atomic E-state index is 0.140. The van der Waals surface area contributed by atoms with Crippen molar-refractivity contribution in [3.8, 4) is 17.2 Å². The van der Waals surface area contributed by atoms with E-state index in [1.54, 1.807) is 18.2 Å². The summed E-state index contributed by atoms with van der Waals surface area (Å²) in [6, 6.07) is 8.61. The second-order valence-electron chi connectivity index (χ2n) is 4.24. The van der Waals surface area contributed by atoms with E-state index in [1.165, 1.54) is 33.5 Å². The van der Waals surface area contributed by atoms with E-state index in [0.717, 1.165) is 6.07 Å². The maximum Gasteiger partial charge on any atom is 0.200 e. The van der Waals surface area contributed by atoms with E-state index in [9.17, 15) is 9.18 Å². The summed E-state index contributed by atoms with van der Waals surface area (Å²) in [6.07, 6.45) is 0. The monoisotopic (exact) mass is 290 g/mol. The third kappa shape index (κ3) is 2.97. The van der Waals surface area contributed by atoms with Crippen LogP contribution in [0.15, 0.2) is 36.4 Å². The fraction of sp³-hybridized carbons (Fsp3) is 0.188. The Bertz CT molecular complexity index is 667. The molecule has 0 unspecified atom stereocenters. The fourth-order valence-corrected chi connectivity index (χ4v) is 1.99. The Kier molecular flexibility index (Phi) is 4.42. The fourth-order valence-electron chi connectivity index (χ4n) is 1.99. The first-order valence-corrected chi connectivity index (χ1v) is 6.21. The van der Waals surface area contributed by atoms with Gasteiger partial charge in [-0.3, -0.25) is 4.79 Å². The molecular weight excluding hydrogens is 275 g/mol. The lowest BCUT2D eigenvalue weighted by Crippen LogP contribution is -2.07. The number of hydrogen-bond donors (Lipinski definition) is 0. The molecule has 0 heterocycles. The van der Waals surface area contributed by atoms with Crippen molar-refractivity contribution in [1.29, 1.82) is 0 Å². The van der Waals surface area contributed by atoms with E-state index in [0.29, 0.717) is 22.8 Å². The summed E-state index contributed by atoms with van der Waals surface area (Å²) < 4.78 is 28.8. The van der Waals surface area contributed by atoms with Crippen molar-refractivity contribution in [3.05, 3.63) is 53.3 Å². The smallest absolute Gasteiger partial charge is 0.200 e. The number of carbonyl (C=O) groups excluding carboxylic acids is 1. The average molecular weight is 290 g/mol. The van der Waals surface area contributed by atoms with Gasteiger partial charge in [-0.05, 0) is 30.3 Å². The molecule has 2 rings (SSSR count). The van der Waals surface area contributed by atoms with E-state index in [2.05, 4.69) is 0 Å². The quantitative estimate of drug-likeness (QED) is 0.794. The normalized spacial score (nSPS) is 10.1. The van der Waals surface area contributed by atoms with Gasteiger partial charge in [0.2, 0.25) is 5.78 Å². The molecule has 0 bridgehead atoms. The number of hydrogen-bond acceptors (Lipinski definition) is 4. The Morgan fingerprint density at radius 3 is 2.19 bits per heavy atom. The van der Waals surface area contributed by atoms with Gasteiger partial charge in [-0.1, -0.05) is 0 Å². The second-order valence-corrected chi connectivity index (χ2v) is 4.24. The SMILES string of the molecule is COc1ccc(C(=O)c2cc(F)ccc2OC)c(OC)c1. The summed E-state index contributed by atoms with van der Waals surface area (Å²) in [4.78, 5) is 12.6. The molecule has 0 fully saturated rings. The van der Waals surface area contributed by atoms with E-state index in [4.69, 9.17) is 14.2 Å². The van der Waals surface area contributed by atoms with Crippen LogP contribution in [0.5, 0.6) is 17.2 Å². The molecule has 2 aromatic rings. The lowest BCUT2D eigenvalue weighted by atomic mass is 10.0. The Morgan fingerprint density at radius 1 is 0.857 bits per heavy atom. The van der Waals surface area contributed by atoms with Crippen LogP contribution < -0.4 is 14.2 Å². The zero-order valence-corrected chi connectivity index (χ0v) is 12.0. The zero-order valence-electron chi connectivity index (χ0n) is 12.0. The second kappa shape index (κ2) is 6.26. The minimum atomic E-state index is -0.508. The van der Waals surface area contributed by atoms with Gasteiger partial charge in [-0.15, -0.1) is 0 Å². The Hall–Kier alpha value is -2.56. The summed E-state index contributed by atoms with van der Waals surface area (Å²) in [5, 5.41) is 0. The largest absolute Gasteiger partial charge is 0.497 e. The number of benzene rings is 2. The highest BCUT2D eigenvalue weighted by molar-refractivity contribution is 6.12. The molecule has 0 aliphatic heterocycles. The van der Waals surface area contributed by atoms with Crippen LogP contribution in [0.1, 0.15) is 15.9 Å². The number of methoxy groups -OCH3 is 3. The van der Waals surface area contributed by atoms with E-state index >= 15 is 0 Å². The molecule has 0 radical (unpaired) electrons. The average Bonchev–Trinajstić information content (AvgIpc) is 2.53. The van der Waals surface area contributed by atoms with Gasteiger partial charge in [-0.25, -0.2) is 4.39 Å². The van der Waals surface area contributed by atoms with Crippen LogP contribution in [0, 0.1) is 5.82 Å². The summed E-state index contributed by atoms with van der Waals surface area (Å²) in [5.41, 5.74) is 0.447. The van der Waals surface area contributed by atoms with E-state index in [-0.39, 0.29) is 11.3 Å². The Labute approximate surface area is 122 Å². The molecule has 0 spiro atoms. The first-order chi connectivity index (χ1) is 10.1. The molecular formula is C16H15FO4. The van der Waals surface area contributed by atoms with Crippen LogP contribution in [-0.4, -0.2) is 27.1 Å². The third-order valence-electron chi connectivity index (χ3n) is 3.06. The van der Waals surface area contributed by atoms with Crippen molar-refractivity contribution in [2.75, 3.05) is 21.3 Å². The summed E-state index contributed by atoms with van der Waals surface area (Å²) in [5.74, 6) is 0.331. The topological polar surface area (TPSA) is 44.8 Å². The van der Waals surface area contributed by atoms with Crippen LogP contribution in [-0.2, 0) is 0 Å². The molecule has 0 atom stereocenters. The summed E-state index contributed by atoms with van der Waals surface area (Å²) >= 11 is 0. The van der Waals surface area contributed by atoms with Crippen molar-refractivity contribution in [2.45, 2.75) is 0 Å². The highest BCUT2D eigenvalue weighted by atomic mass is 19.1. The van der Waals surface area contributed by atoms with Gasteiger partial charge in [0.25, 0.3) is 0 Å². The lowest BCUT2D eigenvalue weighted by Gasteiger charge is -2.12. The summed E-state index contributed by atoms with van der Waals surface area (Å²) in [7, 11) is 4.40. The number of halogens is 1. The molecule has 110 valence electrons. The third-order valence-corrected chi connectivity index (χ3v) is 3.06. The molecule has 0 aliphatic rings. The number of carbonyl (C=O) groups is 1. The first kappa shape index (κ1) is 14.8. The van der Waals surface area contributed by atoms with Gasteiger partial charge in [0.15, 0.2) is 0 Å². The van der Waals surface area contributed by atoms with Crippen LogP contribution in [0.25, 0.3) is 0 Å². The van der Waals surface area contributed by atoms with Crippen LogP contribution in [0.4, 0.5) is 4.39 Å².